The Kier molecular flexibility index (Phi) is 4.93. The number of allylic oxidation sites excluding steroid dienone is 3. The highest BCUT2D eigenvalue weighted by atomic mass is 16.2. The maximum absolute atomic E-state index is 13.3. The van der Waals surface area contributed by atoms with Crippen molar-refractivity contribution in [1.29, 1.82) is 0 Å². The molecule has 1 saturated carbocycles. The summed E-state index contributed by atoms with van der Waals surface area (Å²) in [6.45, 7) is 4.19. The molecule has 2 aliphatic carbocycles. The smallest absolute Gasteiger partial charge is 0.234 e. The van der Waals surface area contributed by atoms with E-state index in [1.807, 2.05) is 11.9 Å². The third-order valence-corrected chi connectivity index (χ3v) is 8.63. The van der Waals surface area contributed by atoms with Gasteiger partial charge in [-0.1, -0.05) is 42.5 Å². The number of amides is 1. The number of aromatic nitrogens is 2. The second-order valence-electron chi connectivity index (χ2n) is 10.6. The van der Waals surface area contributed by atoms with Gasteiger partial charge >= 0.3 is 0 Å². The van der Waals surface area contributed by atoms with E-state index in [1.165, 1.54) is 11.3 Å². The zero-order valence-corrected chi connectivity index (χ0v) is 20.6. The molecular formula is C30H31N5O. The van der Waals surface area contributed by atoms with Crippen LogP contribution in [0, 0.1) is 11.3 Å². The number of hydrogen-bond acceptors (Lipinski definition) is 4. The molecule has 1 aromatic heterocycles. The highest BCUT2D eigenvalue weighted by molar-refractivity contribution is 5.93. The summed E-state index contributed by atoms with van der Waals surface area (Å²) in [5.41, 5.74) is 6.41. The fourth-order valence-electron chi connectivity index (χ4n) is 6.47. The fraction of sp³-hybridized carbons (Fsp3) is 0.333. The molecule has 182 valence electrons. The first-order valence-electron chi connectivity index (χ1n) is 13.0. The number of benzene rings is 2. The third kappa shape index (κ3) is 3.35. The number of carbonyl (C=O) groups is 1. The lowest BCUT2D eigenvalue weighted by molar-refractivity contribution is -0.136. The molecule has 2 N–H and O–H groups in total. The summed E-state index contributed by atoms with van der Waals surface area (Å²) in [6, 6.07) is 15.3. The lowest BCUT2D eigenvalue weighted by Crippen LogP contribution is -2.43. The topological polar surface area (TPSA) is 64.3 Å². The molecule has 2 aliphatic heterocycles. The largest absolute Gasteiger partial charge is 0.369 e. The molecule has 3 atom stereocenters. The van der Waals surface area contributed by atoms with E-state index in [9.17, 15) is 4.79 Å². The van der Waals surface area contributed by atoms with E-state index in [4.69, 9.17) is 0 Å². The van der Waals surface area contributed by atoms with Crippen molar-refractivity contribution in [2.75, 3.05) is 38.1 Å². The van der Waals surface area contributed by atoms with Crippen LogP contribution in [-0.4, -0.2) is 54.2 Å². The van der Waals surface area contributed by atoms with Crippen molar-refractivity contribution in [2.45, 2.75) is 18.8 Å². The van der Waals surface area contributed by atoms with Crippen molar-refractivity contribution >= 4 is 34.6 Å². The molecule has 1 amide bonds. The number of carbonyl (C=O) groups excluding carboxylic acids is 1. The second-order valence-corrected chi connectivity index (χ2v) is 10.6. The van der Waals surface area contributed by atoms with E-state index < -0.39 is 0 Å². The monoisotopic (exact) mass is 477 g/mol. The maximum atomic E-state index is 13.3. The Labute approximate surface area is 211 Å². The van der Waals surface area contributed by atoms with E-state index >= 15 is 0 Å². The minimum absolute atomic E-state index is 0.266. The predicted octanol–water partition coefficient (Wildman–Crippen LogP) is 4.55. The molecule has 6 heteroatoms. The minimum atomic E-state index is -0.281. The van der Waals surface area contributed by atoms with Gasteiger partial charge in [-0.3, -0.25) is 9.89 Å². The predicted molar refractivity (Wildman–Crippen MR) is 144 cm³/mol. The van der Waals surface area contributed by atoms with Crippen LogP contribution < -0.4 is 10.2 Å². The first kappa shape index (κ1) is 21.6. The summed E-state index contributed by atoms with van der Waals surface area (Å²) in [7, 11) is 1.91. The van der Waals surface area contributed by atoms with E-state index in [1.54, 1.807) is 0 Å². The highest BCUT2D eigenvalue weighted by Crippen LogP contribution is 2.67. The van der Waals surface area contributed by atoms with Crippen LogP contribution in [0.1, 0.15) is 35.6 Å². The quantitative estimate of drug-likeness (QED) is 0.579. The molecule has 2 aromatic carbocycles. The van der Waals surface area contributed by atoms with Crippen molar-refractivity contribution in [1.82, 2.24) is 20.4 Å². The molecular weight excluding hydrogens is 446 g/mol. The van der Waals surface area contributed by atoms with Gasteiger partial charge in [-0.25, -0.2) is 0 Å². The number of fused-ring (bicyclic) bond motifs is 3. The van der Waals surface area contributed by atoms with Crippen molar-refractivity contribution < 1.29 is 4.79 Å². The molecule has 1 saturated heterocycles. The summed E-state index contributed by atoms with van der Waals surface area (Å²) in [6.07, 6.45) is 12.7. The van der Waals surface area contributed by atoms with Gasteiger partial charge in [0.2, 0.25) is 5.91 Å². The number of rotatable bonds is 4. The maximum Gasteiger partial charge on any atom is 0.234 e. The summed E-state index contributed by atoms with van der Waals surface area (Å²) >= 11 is 0. The van der Waals surface area contributed by atoms with E-state index in [2.05, 4.69) is 93.3 Å². The van der Waals surface area contributed by atoms with Gasteiger partial charge in [0.05, 0.1) is 16.6 Å². The Hall–Kier alpha value is -3.64. The number of piperazine rings is 1. The number of aromatic amines is 1. The van der Waals surface area contributed by atoms with Crippen molar-refractivity contribution in [3.05, 3.63) is 83.2 Å². The van der Waals surface area contributed by atoms with Crippen LogP contribution in [0.25, 0.3) is 23.1 Å². The van der Waals surface area contributed by atoms with E-state index in [-0.39, 0.29) is 17.2 Å². The van der Waals surface area contributed by atoms with E-state index in [0.717, 1.165) is 66.9 Å². The van der Waals surface area contributed by atoms with Crippen LogP contribution in [0.4, 0.5) is 5.69 Å². The molecule has 1 spiro atoms. The number of H-pyrrole nitrogens is 1. The van der Waals surface area contributed by atoms with Gasteiger partial charge in [0, 0.05) is 55.9 Å². The third-order valence-electron chi connectivity index (χ3n) is 8.63. The second kappa shape index (κ2) is 8.20. The van der Waals surface area contributed by atoms with E-state index in [0.29, 0.717) is 5.92 Å². The molecule has 7 rings (SSSR count). The Morgan fingerprint density at radius 2 is 1.92 bits per heavy atom. The Morgan fingerprint density at radius 3 is 2.75 bits per heavy atom. The minimum Gasteiger partial charge on any atom is -0.369 e. The number of hydrogen-bond donors (Lipinski definition) is 2. The fourth-order valence-corrected chi connectivity index (χ4v) is 6.47. The first-order valence-corrected chi connectivity index (χ1v) is 13.0. The van der Waals surface area contributed by atoms with Gasteiger partial charge in [-0.15, -0.1) is 0 Å². The van der Waals surface area contributed by atoms with Crippen molar-refractivity contribution in [2.24, 2.45) is 11.3 Å². The standard InChI is InChI=1S/C30H31N5O/c1-34-24-4-2-3-22(18-24)30(29(34)36)19-26(30)21-8-11-25-27(32-33-28(25)17-21)12-7-20-5-9-23(10-6-20)35-15-13-31-14-16-35/h2,4-12,17-18,22,26,31H,3,13-16,19H2,1H3,(H,32,33)/b12-7+/t22?,26-,30-/m0/s1. The molecule has 0 radical (unpaired) electrons. The van der Waals surface area contributed by atoms with Crippen LogP contribution in [-0.2, 0) is 4.79 Å². The van der Waals surface area contributed by atoms with Crippen LogP contribution in [0.15, 0.2) is 66.4 Å². The van der Waals surface area contributed by atoms with Gasteiger partial charge in [-0.05, 0) is 60.2 Å². The molecule has 2 fully saturated rings. The number of nitrogens with one attached hydrogen (secondary N) is 2. The first-order chi connectivity index (χ1) is 17.6. The van der Waals surface area contributed by atoms with Crippen molar-refractivity contribution in [3.63, 3.8) is 0 Å². The lowest BCUT2D eigenvalue weighted by Gasteiger charge is -2.37. The van der Waals surface area contributed by atoms with Crippen LogP contribution in [0.5, 0.6) is 0 Å². The van der Waals surface area contributed by atoms with Gasteiger partial charge in [0.1, 0.15) is 0 Å². The number of anilines is 1. The number of likely N-dealkylation sites (N-methyl/N-ethyl adjacent to an activating group) is 1. The van der Waals surface area contributed by atoms with Crippen LogP contribution in [0.2, 0.25) is 0 Å². The SMILES string of the molecule is CN1C(=O)[C@@]2(C[C@H]2c2ccc3c(/C=C/c4ccc(N5CCNCC5)cc4)n[nH]c3c2)C2C=C1C=CC2. The lowest BCUT2D eigenvalue weighted by atomic mass is 9.76. The molecule has 3 heterocycles. The summed E-state index contributed by atoms with van der Waals surface area (Å²) in [5, 5.41) is 12.3. The average Bonchev–Trinajstić information content (AvgIpc) is 3.57. The molecule has 1 unspecified atom stereocenters. The van der Waals surface area contributed by atoms with Gasteiger partial charge < -0.3 is 15.1 Å². The molecule has 6 nitrogen and oxygen atoms in total. The zero-order valence-electron chi connectivity index (χ0n) is 20.6. The average molecular weight is 478 g/mol. The molecule has 2 bridgehead atoms. The van der Waals surface area contributed by atoms with Crippen LogP contribution >= 0.6 is 0 Å². The Morgan fingerprint density at radius 1 is 1.08 bits per heavy atom. The number of nitrogens with zero attached hydrogens (tertiary/aromatic N) is 3. The Balaban J connectivity index is 1.10. The van der Waals surface area contributed by atoms with Gasteiger partial charge in [0.25, 0.3) is 0 Å². The molecule has 4 aliphatic rings. The van der Waals surface area contributed by atoms with Gasteiger partial charge in [0.15, 0.2) is 0 Å². The van der Waals surface area contributed by atoms with Crippen molar-refractivity contribution in [3.8, 4) is 0 Å². The summed E-state index contributed by atoms with van der Waals surface area (Å²) < 4.78 is 0. The molecule has 36 heavy (non-hydrogen) atoms. The zero-order chi connectivity index (χ0) is 24.3. The highest BCUT2D eigenvalue weighted by Gasteiger charge is 2.66. The Bertz CT molecular complexity index is 1430. The molecule has 3 aromatic rings. The summed E-state index contributed by atoms with van der Waals surface area (Å²) in [5.74, 6) is 0.846. The van der Waals surface area contributed by atoms with Gasteiger partial charge in [-0.2, -0.15) is 5.10 Å². The normalized spacial score (nSPS) is 27.4. The summed E-state index contributed by atoms with van der Waals surface area (Å²) in [4.78, 5) is 17.6. The van der Waals surface area contributed by atoms with Crippen LogP contribution in [0.3, 0.4) is 0 Å².